The van der Waals surface area contributed by atoms with E-state index in [0.717, 1.165) is 11.1 Å². The van der Waals surface area contributed by atoms with Crippen molar-refractivity contribution in [3.8, 4) is 11.1 Å². The minimum Gasteiger partial charge on any atom is -0.481 e. The lowest BCUT2D eigenvalue weighted by Gasteiger charge is -2.06. The average molecular weight is 227 g/mol. The third kappa shape index (κ3) is 2.69. The predicted molar refractivity (Wildman–Crippen MR) is 65.7 cm³/mol. The van der Waals surface area contributed by atoms with E-state index >= 15 is 0 Å². The summed E-state index contributed by atoms with van der Waals surface area (Å²) in [6, 6.07) is 11.7. The molecule has 86 valence electrons. The topological polar surface area (TPSA) is 50.2 Å². The van der Waals surface area contributed by atoms with E-state index in [4.69, 9.17) is 5.11 Å². The first kappa shape index (κ1) is 11.3. The van der Waals surface area contributed by atoms with Gasteiger partial charge in [-0.2, -0.15) is 0 Å². The SMILES string of the molecule is Cc1ccccc1-c1ccnc(CC(=O)O)c1. The Morgan fingerprint density at radius 1 is 1.29 bits per heavy atom. The number of aryl methyl sites for hydroxylation is 1. The van der Waals surface area contributed by atoms with E-state index in [9.17, 15) is 4.79 Å². The Hall–Kier alpha value is -2.16. The molecular formula is C14H13NO2. The van der Waals surface area contributed by atoms with Crippen molar-refractivity contribution in [3.05, 3.63) is 53.9 Å². The van der Waals surface area contributed by atoms with Crippen LogP contribution in [-0.4, -0.2) is 16.1 Å². The molecule has 2 aromatic rings. The number of hydrogen-bond acceptors (Lipinski definition) is 2. The zero-order valence-electron chi connectivity index (χ0n) is 9.55. The molecule has 0 spiro atoms. The van der Waals surface area contributed by atoms with Gasteiger partial charge in [0.1, 0.15) is 0 Å². The molecule has 0 saturated carbocycles. The molecule has 0 fully saturated rings. The molecule has 1 aromatic carbocycles. The van der Waals surface area contributed by atoms with Crippen LogP contribution in [0.15, 0.2) is 42.6 Å². The van der Waals surface area contributed by atoms with E-state index in [1.807, 2.05) is 43.3 Å². The van der Waals surface area contributed by atoms with E-state index in [1.165, 1.54) is 5.56 Å². The Bertz CT molecular complexity index is 549. The molecule has 0 aliphatic rings. The molecule has 0 unspecified atom stereocenters. The first-order chi connectivity index (χ1) is 8.16. The van der Waals surface area contributed by atoms with Crippen LogP contribution in [0.4, 0.5) is 0 Å². The normalized spacial score (nSPS) is 10.2. The van der Waals surface area contributed by atoms with Crippen LogP contribution in [0.2, 0.25) is 0 Å². The van der Waals surface area contributed by atoms with E-state index < -0.39 is 5.97 Å². The van der Waals surface area contributed by atoms with Crippen LogP contribution in [0.5, 0.6) is 0 Å². The first-order valence-corrected chi connectivity index (χ1v) is 5.39. The summed E-state index contributed by atoms with van der Waals surface area (Å²) in [5.74, 6) is -0.862. The number of carboxylic acids is 1. The summed E-state index contributed by atoms with van der Waals surface area (Å²) in [6.07, 6.45) is 1.61. The van der Waals surface area contributed by atoms with E-state index in [2.05, 4.69) is 4.98 Å². The molecule has 0 aliphatic carbocycles. The Balaban J connectivity index is 2.40. The Morgan fingerprint density at radius 2 is 2.06 bits per heavy atom. The van der Waals surface area contributed by atoms with Gasteiger partial charge in [0, 0.05) is 6.20 Å². The monoisotopic (exact) mass is 227 g/mol. The zero-order valence-corrected chi connectivity index (χ0v) is 9.55. The standard InChI is InChI=1S/C14H13NO2/c1-10-4-2-3-5-13(10)11-6-7-15-12(8-11)9-14(16)17/h2-8H,9H2,1H3,(H,16,17). The fourth-order valence-electron chi connectivity index (χ4n) is 1.79. The number of aliphatic carboxylic acids is 1. The second-order valence-electron chi connectivity index (χ2n) is 3.92. The van der Waals surface area contributed by atoms with Gasteiger partial charge in [-0.3, -0.25) is 9.78 Å². The van der Waals surface area contributed by atoms with Gasteiger partial charge >= 0.3 is 5.97 Å². The summed E-state index contributed by atoms with van der Waals surface area (Å²) < 4.78 is 0. The van der Waals surface area contributed by atoms with Gasteiger partial charge in [-0.05, 0) is 35.7 Å². The molecule has 0 radical (unpaired) electrons. The molecule has 0 amide bonds. The van der Waals surface area contributed by atoms with Crippen LogP contribution in [-0.2, 0) is 11.2 Å². The molecule has 3 heteroatoms. The van der Waals surface area contributed by atoms with Gasteiger partial charge in [-0.1, -0.05) is 24.3 Å². The van der Waals surface area contributed by atoms with Crippen molar-refractivity contribution in [3.63, 3.8) is 0 Å². The number of aromatic nitrogens is 1. The van der Waals surface area contributed by atoms with Crippen LogP contribution < -0.4 is 0 Å². The highest BCUT2D eigenvalue weighted by Crippen LogP contribution is 2.23. The van der Waals surface area contributed by atoms with Gasteiger partial charge in [0.05, 0.1) is 12.1 Å². The van der Waals surface area contributed by atoms with Crippen molar-refractivity contribution in [2.24, 2.45) is 0 Å². The van der Waals surface area contributed by atoms with Crippen molar-refractivity contribution in [2.75, 3.05) is 0 Å². The second kappa shape index (κ2) is 4.78. The van der Waals surface area contributed by atoms with Crippen molar-refractivity contribution < 1.29 is 9.90 Å². The minimum atomic E-state index is -0.862. The smallest absolute Gasteiger partial charge is 0.309 e. The fourth-order valence-corrected chi connectivity index (χ4v) is 1.79. The third-order valence-electron chi connectivity index (χ3n) is 2.60. The lowest BCUT2D eigenvalue weighted by atomic mass is 10.0. The van der Waals surface area contributed by atoms with Crippen LogP contribution in [0, 0.1) is 6.92 Å². The average Bonchev–Trinajstić information content (AvgIpc) is 2.29. The number of pyridine rings is 1. The fraction of sp³-hybridized carbons (Fsp3) is 0.143. The molecule has 1 heterocycles. The lowest BCUT2D eigenvalue weighted by Crippen LogP contribution is -2.02. The van der Waals surface area contributed by atoms with Crippen molar-refractivity contribution in [1.82, 2.24) is 4.98 Å². The highest BCUT2D eigenvalue weighted by molar-refractivity contribution is 5.72. The van der Waals surface area contributed by atoms with Gasteiger partial charge in [-0.25, -0.2) is 0 Å². The number of carbonyl (C=O) groups is 1. The Labute approximate surface area is 99.8 Å². The third-order valence-corrected chi connectivity index (χ3v) is 2.60. The van der Waals surface area contributed by atoms with Gasteiger partial charge < -0.3 is 5.11 Å². The highest BCUT2D eigenvalue weighted by atomic mass is 16.4. The highest BCUT2D eigenvalue weighted by Gasteiger charge is 2.05. The minimum absolute atomic E-state index is 0.0419. The molecule has 0 bridgehead atoms. The van der Waals surface area contributed by atoms with Crippen molar-refractivity contribution >= 4 is 5.97 Å². The molecule has 3 nitrogen and oxygen atoms in total. The quantitative estimate of drug-likeness (QED) is 0.877. The van der Waals surface area contributed by atoms with Gasteiger partial charge in [0.25, 0.3) is 0 Å². The van der Waals surface area contributed by atoms with E-state index in [-0.39, 0.29) is 6.42 Å². The largest absolute Gasteiger partial charge is 0.481 e. The van der Waals surface area contributed by atoms with Crippen LogP contribution in [0.3, 0.4) is 0 Å². The summed E-state index contributed by atoms with van der Waals surface area (Å²) in [5, 5.41) is 8.74. The summed E-state index contributed by atoms with van der Waals surface area (Å²) in [6.45, 7) is 2.03. The lowest BCUT2D eigenvalue weighted by molar-refractivity contribution is -0.136. The number of benzene rings is 1. The van der Waals surface area contributed by atoms with E-state index in [1.54, 1.807) is 6.20 Å². The number of rotatable bonds is 3. The van der Waals surface area contributed by atoms with Crippen molar-refractivity contribution in [2.45, 2.75) is 13.3 Å². The molecule has 0 saturated heterocycles. The maximum absolute atomic E-state index is 10.6. The van der Waals surface area contributed by atoms with Gasteiger partial charge in [-0.15, -0.1) is 0 Å². The van der Waals surface area contributed by atoms with Crippen LogP contribution in [0.1, 0.15) is 11.3 Å². The zero-order chi connectivity index (χ0) is 12.3. The molecular weight excluding hydrogens is 214 g/mol. The molecule has 1 N–H and O–H groups in total. The maximum atomic E-state index is 10.6. The number of nitrogens with zero attached hydrogens (tertiary/aromatic N) is 1. The first-order valence-electron chi connectivity index (χ1n) is 5.39. The summed E-state index contributed by atoms with van der Waals surface area (Å²) in [7, 11) is 0. The second-order valence-corrected chi connectivity index (χ2v) is 3.92. The number of hydrogen-bond donors (Lipinski definition) is 1. The Morgan fingerprint density at radius 3 is 2.76 bits per heavy atom. The maximum Gasteiger partial charge on any atom is 0.309 e. The van der Waals surface area contributed by atoms with E-state index in [0.29, 0.717) is 5.69 Å². The van der Waals surface area contributed by atoms with Crippen LogP contribution in [0.25, 0.3) is 11.1 Å². The number of carboxylic acid groups (broad SMARTS) is 1. The molecule has 17 heavy (non-hydrogen) atoms. The van der Waals surface area contributed by atoms with Crippen LogP contribution >= 0.6 is 0 Å². The molecule has 0 aliphatic heterocycles. The summed E-state index contributed by atoms with van der Waals surface area (Å²) >= 11 is 0. The van der Waals surface area contributed by atoms with Crippen molar-refractivity contribution in [1.29, 1.82) is 0 Å². The van der Waals surface area contributed by atoms with Gasteiger partial charge in [0.2, 0.25) is 0 Å². The van der Waals surface area contributed by atoms with Gasteiger partial charge in [0.15, 0.2) is 0 Å². The molecule has 1 aromatic heterocycles. The molecule has 0 atom stereocenters. The Kier molecular flexibility index (Phi) is 3.19. The summed E-state index contributed by atoms with van der Waals surface area (Å²) in [5.41, 5.74) is 3.87. The molecule has 2 rings (SSSR count). The predicted octanol–water partition coefficient (Wildman–Crippen LogP) is 2.68. The summed E-state index contributed by atoms with van der Waals surface area (Å²) in [4.78, 5) is 14.7.